The molecule has 3 fully saturated rings. The van der Waals surface area contributed by atoms with Crippen molar-refractivity contribution in [2.45, 2.75) is 51.0 Å². The third kappa shape index (κ3) is 1.96. The summed E-state index contributed by atoms with van der Waals surface area (Å²) in [5, 5.41) is 0. The number of hydrogen-bond acceptors (Lipinski definition) is 2. The molecule has 1 aliphatic heterocycles. The van der Waals surface area contributed by atoms with Crippen LogP contribution < -0.4 is 0 Å². The Morgan fingerprint density at radius 2 is 1.87 bits per heavy atom. The Bertz CT molecular complexity index is 259. The summed E-state index contributed by atoms with van der Waals surface area (Å²) in [6.45, 7) is 1.81. The second-order valence-electron chi connectivity index (χ2n) is 5.61. The van der Waals surface area contributed by atoms with E-state index in [0.29, 0.717) is 5.78 Å². The van der Waals surface area contributed by atoms with Crippen molar-refractivity contribution in [3.8, 4) is 0 Å². The Morgan fingerprint density at radius 1 is 1.07 bits per heavy atom. The highest BCUT2D eigenvalue weighted by Crippen LogP contribution is 2.45. The molecule has 0 N–H and O–H groups in total. The van der Waals surface area contributed by atoms with Crippen molar-refractivity contribution in [2.24, 2.45) is 11.8 Å². The van der Waals surface area contributed by atoms with Crippen LogP contribution in [0.25, 0.3) is 0 Å². The van der Waals surface area contributed by atoms with E-state index >= 15 is 0 Å². The zero-order chi connectivity index (χ0) is 10.3. The van der Waals surface area contributed by atoms with Gasteiger partial charge in [0.05, 0.1) is 6.54 Å². The Hall–Kier alpha value is -0.370. The average Bonchev–Trinajstić information content (AvgIpc) is 3.02. The molecule has 2 aliphatic carbocycles. The lowest BCUT2D eigenvalue weighted by Crippen LogP contribution is -2.42. The monoisotopic (exact) mass is 207 g/mol. The summed E-state index contributed by atoms with van der Waals surface area (Å²) in [7, 11) is 0. The average molecular weight is 207 g/mol. The lowest BCUT2D eigenvalue weighted by atomic mass is 9.80. The van der Waals surface area contributed by atoms with Crippen LogP contribution in [0.3, 0.4) is 0 Å². The molecule has 3 aliphatic rings. The molecule has 0 radical (unpaired) electrons. The van der Waals surface area contributed by atoms with Crippen molar-refractivity contribution in [2.75, 3.05) is 13.1 Å². The van der Waals surface area contributed by atoms with Gasteiger partial charge in [-0.1, -0.05) is 12.8 Å². The number of carbonyl (C=O) groups excluding carboxylic acids is 1. The van der Waals surface area contributed by atoms with Gasteiger partial charge in [0.15, 0.2) is 0 Å². The molecule has 0 aromatic heterocycles. The molecule has 3 rings (SSSR count). The highest BCUT2D eigenvalue weighted by Gasteiger charge is 2.41. The highest BCUT2D eigenvalue weighted by atomic mass is 16.1. The fraction of sp³-hybridized carbons (Fsp3) is 0.923. The van der Waals surface area contributed by atoms with Crippen LogP contribution in [-0.4, -0.2) is 29.8 Å². The van der Waals surface area contributed by atoms with Crippen LogP contribution >= 0.6 is 0 Å². The van der Waals surface area contributed by atoms with E-state index in [2.05, 4.69) is 4.90 Å². The summed E-state index contributed by atoms with van der Waals surface area (Å²) in [4.78, 5) is 13.8. The van der Waals surface area contributed by atoms with Gasteiger partial charge in [0.25, 0.3) is 0 Å². The fourth-order valence-electron chi connectivity index (χ4n) is 3.60. The largest absolute Gasteiger partial charge is 0.298 e. The molecule has 0 amide bonds. The first-order valence-corrected chi connectivity index (χ1v) is 6.60. The zero-order valence-corrected chi connectivity index (χ0v) is 9.45. The third-order valence-corrected chi connectivity index (χ3v) is 4.54. The van der Waals surface area contributed by atoms with Crippen molar-refractivity contribution in [1.82, 2.24) is 4.90 Å². The molecule has 2 heteroatoms. The van der Waals surface area contributed by atoms with Gasteiger partial charge in [0, 0.05) is 19.0 Å². The van der Waals surface area contributed by atoms with Gasteiger partial charge in [0.1, 0.15) is 5.78 Å². The summed E-state index contributed by atoms with van der Waals surface area (Å²) in [5.41, 5.74) is 0. The topological polar surface area (TPSA) is 20.3 Å². The first-order valence-electron chi connectivity index (χ1n) is 6.60. The van der Waals surface area contributed by atoms with E-state index in [0.717, 1.165) is 37.4 Å². The van der Waals surface area contributed by atoms with Gasteiger partial charge in [-0.25, -0.2) is 0 Å². The van der Waals surface area contributed by atoms with Crippen molar-refractivity contribution in [1.29, 1.82) is 0 Å². The van der Waals surface area contributed by atoms with Gasteiger partial charge in [-0.2, -0.15) is 0 Å². The number of Topliss-reactive ketones (excluding diaryl/α,β-unsaturated/α-hetero) is 1. The quantitative estimate of drug-likeness (QED) is 0.692. The predicted octanol–water partition coefficient (Wildman–Crippen LogP) is 2.23. The maximum atomic E-state index is 11.3. The molecule has 1 saturated heterocycles. The van der Waals surface area contributed by atoms with E-state index in [1.165, 1.54) is 38.5 Å². The lowest BCUT2D eigenvalue weighted by molar-refractivity contribution is -0.117. The SMILES string of the molecule is O=C1CCN(C2CCCCC2C2CC2)C1. The van der Waals surface area contributed by atoms with E-state index < -0.39 is 0 Å². The Labute approximate surface area is 92.0 Å². The molecule has 2 saturated carbocycles. The number of likely N-dealkylation sites (tertiary alicyclic amines) is 1. The van der Waals surface area contributed by atoms with Gasteiger partial charge in [-0.15, -0.1) is 0 Å². The first-order chi connectivity index (χ1) is 7.34. The molecule has 0 bridgehead atoms. The van der Waals surface area contributed by atoms with E-state index in [9.17, 15) is 4.79 Å². The van der Waals surface area contributed by atoms with Crippen molar-refractivity contribution < 1.29 is 4.79 Å². The van der Waals surface area contributed by atoms with Crippen LogP contribution in [0.4, 0.5) is 0 Å². The summed E-state index contributed by atoms with van der Waals surface area (Å²) in [6.07, 6.45) is 9.34. The van der Waals surface area contributed by atoms with Gasteiger partial charge in [-0.05, 0) is 37.5 Å². The summed E-state index contributed by atoms with van der Waals surface area (Å²) < 4.78 is 0. The molecule has 0 spiro atoms. The van der Waals surface area contributed by atoms with Crippen molar-refractivity contribution in [3.05, 3.63) is 0 Å². The molecule has 0 aromatic carbocycles. The second kappa shape index (κ2) is 3.89. The Kier molecular flexibility index (Phi) is 2.55. The van der Waals surface area contributed by atoms with Crippen LogP contribution in [-0.2, 0) is 4.79 Å². The fourth-order valence-corrected chi connectivity index (χ4v) is 3.60. The molecule has 2 atom stereocenters. The van der Waals surface area contributed by atoms with Gasteiger partial charge in [-0.3, -0.25) is 9.69 Å². The number of ketones is 1. The third-order valence-electron chi connectivity index (χ3n) is 4.54. The van der Waals surface area contributed by atoms with Crippen LogP contribution in [0.1, 0.15) is 44.9 Å². The van der Waals surface area contributed by atoms with Crippen molar-refractivity contribution >= 4 is 5.78 Å². The molecule has 2 nitrogen and oxygen atoms in total. The molecule has 1 heterocycles. The lowest BCUT2D eigenvalue weighted by Gasteiger charge is -2.37. The number of nitrogens with zero attached hydrogens (tertiary/aromatic N) is 1. The summed E-state index contributed by atoms with van der Waals surface area (Å²) in [6, 6.07) is 0.762. The number of rotatable bonds is 2. The zero-order valence-electron chi connectivity index (χ0n) is 9.45. The molecular weight excluding hydrogens is 186 g/mol. The van der Waals surface area contributed by atoms with E-state index in [1.54, 1.807) is 0 Å². The predicted molar refractivity (Wildman–Crippen MR) is 59.7 cm³/mol. The molecule has 0 aromatic rings. The molecular formula is C13H21NO. The molecule has 84 valence electrons. The van der Waals surface area contributed by atoms with E-state index in [-0.39, 0.29) is 0 Å². The summed E-state index contributed by atoms with van der Waals surface area (Å²) in [5.74, 6) is 2.42. The second-order valence-corrected chi connectivity index (χ2v) is 5.61. The standard InChI is InChI=1S/C13H21NO/c15-11-7-8-14(9-11)13-4-2-1-3-12(13)10-5-6-10/h10,12-13H,1-9H2. The number of hydrogen-bond donors (Lipinski definition) is 0. The minimum Gasteiger partial charge on any atom is -0.298 e. The minimum atomic E-state index is 0.468. The number of carbonyl (C=O) groups is 1. The van der Waals surface area contributed by atoms with E-state index in [1.807, 2.05) is 0 Å². The Balaban J connectivity index is 1.68. The highest BCUT2D eigenvalue weighted by molar-refractivity contribution is 5.82. The van der Waals surface area contributed by atoms with E-state index in [4.69, 9.17) is 0 Å². The van der Waals surface area contributed by atoms with Gasteiger partial charge >= 0.3 is 0 Å². The maximum Gasteiger partial charge on any atom is 0.148 e. The molecule has 15 heavy (non-hydrogen) atoms. The minimum absolute atomic E-state index is 0.468. The van der Waals surface area contributed by atoms with Gasteiger partial charge < -0.3 is 0 Å². The smallest absolute Gasteiger partial charge is 0.148 e. The molecule has 2 unspecified atom stereocenters. The normalized spacial score (nSPS) is 38.5. The maximum absolute atomic E-state index is 11.3. The van der Waals surface area contributed by atoms with Crippen LogP contribution in [0.5, 0.6) is 0 Å². The summed E-state index contributed by atoms with van der Waals surface area (Å²) >= 11 is 0. The van der Waals surface area contributed by atoms with Crippen molar-refractivity contribution in [3.63, 3.8) is 0 Å². The first kappa shape index (κ1) is 9.83. The van der Waals surface area contributed by atoms with Crippen LogP contribution in [0.15, 0.2) is 0 Å². The van der Waals surface area contributed by atoms with Gasteiger partial charge in [0.2, 0.25) is 0 Å². The van der Waals surface area contributed by atoms with Crippen LogP contribution in [0, 0.1) is 11.8 Å². The van der Waals surface area contributed by atoms with Crippen LogP contribution in [0.2, 0.25) is 0 Å². The Morgan fingerprint density at radius 3 is 2.53 bits per heavy atom.